The van der Waals surface area contributed by atoms with Gasteiger partial charge in [0.2, 0.25) is 0 Å². The Bertz CT molecular complexity index is 584. The molecule has 0 aliphatic heterocycles. The lowest BCUT2D eigenvalue weighted by Crippen LogP contribution is -2.19. The molecule has 5 nitrogen and oxygen atoms in total. The number of aromatic nitrogens is 4. The van der Waals surface area contributed by atoms with Crippen LogP contribution in [0.5, 0.6) is 0 Å². The van der Waals surface area contributed by atoms with Gasteiger partial charge in [0.1, 0.15) is 11.7 Å². The maximum Gasteiger partial charge on any atom is 0.264 e. The lowest BCUT2D eigenvalue weighted by Gasteiger charge is -2.00. The molecule has 0 saturated heterocycles. The average Bonchev–Trinajstić information content (AvgIpc) is 2.65. The van der Waals surface area contributed by atoms with Crippen molar-refractivity contribution in [3.63, 3.8) is 0 Å². The number of rotatable bonds is 3. The highest BCUT2D eigenvalue weighted by atomic mass is 32.1. The van der Waals surface area contributed by atoms with Crippen molar-refractivity contribution in [3.8, 4) is 0 Å². The summed E-state index contributed by atoms with van der Waals surface area (Å²) in [7, 11) is 1.76. The molecule has 0 N–H and O–H groups in total. The van der Waals surface area contributed by atoms with Crippen molar-refractivity contribution in [1.82, 2.24) is 19.3 Å². The minimum Gasteiger partial charge on any atom is -0.295 e. The van der Waals surface area contributed by atoms with E-state index in [-0.39, 0.29) is 5.56 Å². The molecule has 0 bridgehead atoms. The van der Waals surface area contributed by atoms with E-state index in [0.717, 1.165) is 0 Å². The highest BCUT2D eigenvalue weighted by molar-refractivity contribution is 7.80. The normalized spacial score (nSPS) is 11.6. The van der Waals surface area contributed by atoms with Gasteiger partial charge in [-0.1, -0.05) is 12.2 Å². The largest absolute Gasteiger partial charge is 0.295 e. The molecular weight excluding hydrogens is 224 g/mol. The Morgan fingerprint density at radius 1 is 1.50 bits per heavy atom. The first kappa shape index (κ1) is 10.9. The van der Waals surface area contributed by atoms with Gasteiger partial charge in [0.25, 0.3) is 5.56 Å². The van der Waals surface area contributed by atoms with E-state index in [9.17, 15) is 4.79 Å². The summed E-state index contributed by atoms with van der Waals surface area (Å²) in [5, 5.41) is 4.55. The van der Waals surface area contributed by atoms with Crippen LogP contribution in [0.1, 0.15) is 0 Å². The van der Waals surface area contributed by atoms with E-state index in [1.165, 1.54) is 6.33 Å². The van der Waals surface area contributed by atoms with E-state index in [0.29, 0.717) is 23.3 Å². The maximum atomic E-state index is 12.0. The van der Waals surface area contributed by atoms with Crippen LogP contribution in [-0.2, 0) is 13.6 Å². The molecule has 0 saturated carbocycles. The van der Waals surface area contributed by atoms with Crippen molar-refractivity contribution < 1.29 is 0 Å². The van der Waals surface area contributed by atoms with Gasteiger partial charge in [0.15, 0.2) is 5.65 Å². The molecule has 0 atom stereocenters. The first-order valence-electron chi connectivity index (χ1n) is 4.87. The third-order valence-corrected chi connectivity index (χ3v) is 2.50. The fourth-order valence-corrected chi connectivity index (χ4v) is 1.61. The van der Waals surface area contributed by atoms with Crippen LogP contribution >= 0.6 is 12.6 Å². The summed E-state index contributed by atoms with van der Waals surface area (Å²) in [5.41, 5.74) is 0.543. The number of hydrogen-bond acceptors (Lipinski definition) is 4. The van der Waals surface area contributed by atoms with E-state index < -0.39 is 0 Å². The van der Waals surface area contributed by atoms with Crippen molar-refractivity contribution in [1.29, 1.82) is 0 Å². The Balaban J connectivity index is 2.45. The molecule has 0 aliphatic carbocycles. The molecule has 2 heterocycles. The summed E-state index contributed by atoms with van der Waals surface area (Å²) in [6.45, 7) is 0.511. The van der Waals surface area contributed by atoms with E-state index in [4.69, 9.17) is 0 Å². The zero-order chi connectivity index (χ0) is 11.5. The van der Waals surface area contributed by atoms with Crippen molar-refractivity contribution in [2.24, 2.45) is 7.05 Å². The van der Waals surface area contributed by atoms with Crippen LogP contribution < -0.4 is 5.56 Å². The van der Waals surface area contributed by atoms with Gasteiger partial charge in [-0.2, -0.15) is 17.7 Å². The Morgan fingerprint density at radius 3 is 3.06 bits per heavy atom. The Morgan fingerprint density at radius 2 is 2.31 bits per heavy atom. The van der Waals surface area contributed by atoms with Crippen LogP contribution in [0.25, 0.3) is 11.0 Å². The van der Waals surface area contributed by atoms with Gasteiger partial charge in [-0.15, -0.1) is 0 Å². The molecule has 2 aromatic rings. The third kappa shape index (κ3) is 1.88. The van der Waals surface area contributed by atoms with Gasteiger partial charge >= 0.3 is 0 Å². The average molecular weight is 236 g/mol. The fourth-order valence-electron chi connectivity index (χ4n) is 1.46. The molecule has 0 radical (unpaired) electrons. The van der Waals surface area contributed by atoms with Crippen LogP contribution in [-0.4, -0.2) is 25.1 Å². The van der Waals surface area contributed by atoms with Gasteiger partial charge in [0, 0.05) is 19.3 Å². The van der Waals surface area contributed by atoms with E-state index in [2.05, 4.69) is 22.7 Å². The van der Waals surface area contributed by atoms with Crippen molar-refractivity contribution in [2.75, 3.05) is 5.75 Å². The smallest absolute Gasteiger partial charge is 0.264 e. The van der Waals surface area contributed by atoms with Crippen LogP contribution in [0, 0.1) is 0 Å². The maximum absolute atomic E-state index is 12.0. The van der Waals surface area contributed by atoms with Gasteiger partial charge < -0.3 is 0 Å². The number of hydrogen-bond donors (Lipinski definition) is 1. The van der Waals surface area contributed by atoms with Crippen LogP contribution in [0.3, 0.4) is 0 Å². The number of aryl methyl sites for hydroxylation is 1. The van der Waals surface area contributed by atoms with E-state index in [1.807, 2.05) is 12.2 Å². The number of allylic oxidation sites excluding steroid dienone is 1. The van der Waals surface area contributed by atoms with E-state index in [1.54, 1.807) is 22.5 Å². The van der Waals surface area contributed by atoms with E-state index >= 15 is 0 Å². The second kappa shape index (κ2) is 4.52. The van der Waals surface area contributed by atoms with Crippen molar-refractivity contribution in [2.45, 2.75) is 6.54 Å². The summed E-state index contributed by atoms with van der Waals surface area (Å²) in [6.07, 6.45) is 6.86. The topological polar surface area (TPSA) is 52.7 Å². The molecule has 2 rings (SSSR count). The molecule has 16 heavy (non-hydrogen) atoms. The molecule has 0 aromatic carbocycles. The monoisotopic (exact) mass is 236 g/mol. The zero-order valence-corrected chi connectivity index (χ0v) is 9.76. The van der Waals surface area contributed by atoms with Crippen molar-refractivity contribution >= 4 is 23.7 Å². The van der Waals surface area contributed by atoms with Crippen LogP contribution in [0.4, 0.5) is 0 Å². The SMILES string of the molecule is Cn1ncc2c(=O)n(CC=CCS)cnc21. The van der Waals surface area contributed by atoms with Gasteiger partial charge in [0.05, 0.1) is 6.20 Å². The van der Waals surface area contributed by atoms with Crippen LogP contribution in [0.2, 0.25) is 0 Å². The summed E-state index contributed by atoms with van der Waals surface area (Å²) < 4.78 is 3.13. The van der Waals surface area contributed by atoms with Gasteiger partial charge in [-0.25, -0.2) is 4.98 Å². The predicted molar refractivity (Wildman–Crippen MR) is 65.8 cm³/mol. The standard InChI is InChI=1S/C10H12N4OS/c1-13-9-8(6-12-13)10(15)14(7-11-9)4-2-3-5-16/h2-3,6-7,16H,4-5H2,1H3. The van der Waals surface area contributed by atoms with Gasteiger partial charge in [-0.3, -0.25) is 14.0 Å². The molecule has 6 heteroatoms. The summed E-state index contributed by atoms with van der Waals surface area (Å²) in [4.78, 5) is 16.1. The minimum absolute atomic E-state index is 0.0677. The Kier molecular flexibility index (Phi) is 3.09. The molecule has 2 aromatic heterocycles. The van der Waals surface area contributed by atoms with Crippen molar-refractivity contribution in [3.05, 3.63) is 35.0 Å². The molecule has 84 valence electrons. The second-order valence-electron chi connectivity index (χ2n) is 3.36. The molecular formula is C10H12N4OS. The number of thiol groups is 1. The lowest BCUT2D eigenvalue weighted by atomic mass is 10.4. The highest BCUT2D eigenvalue weighted by Gasteiger charge is 2.06. The first-order valence-corrected chi connectivity index (χ1v) is 5.50. The molecule has 0 spiro atoms. The number of nitrogens with zero attached hydrogens (tertiary/aromatic N) is 4. The van der Waals surface area contributed by atoms with Crippen LogP contribution in [0.15, 0.2) is 29.5 Å². The second-order valence-corrected chi connectivity index (χ2v) is 3.73. The Labute approximate surface area is 97.8 Å². The lowest BCUT2D eigenvalue weighted by molar-refractivity contribution is 0.750. The zero-order valence-electron chi connectivity index (χ0n) is 8.87. The first-order chi connectivity index (χ1) is 7.74. The van der Waals surface area contributed by atoms with Gasteiger partial charge in [-0.05, 0) is 0 Å². The quantitative estimate of drug-likeness (QED) is 0.627. The minimum atomic E-state index is -0.0677. The fraction of sp³-hybridized carbons (Fsp3) is 0.300. The summed E-state index contributed by atoms with van der Waals surface area (Å²) in [5.74, 6) is 0.664. The molecule has 0 amide bonds. The molecule has 0 fully saturated rings. The summed E-state index contributed by atoms with van der Waals surface area (Å²) in [6, 6.07) is 0. The predicted octanol–water partition coefficient (Wildman–Crippen LogP) is 0.616. The highest BCUT2D eigenvalue weighted by Crippen LogP contribution is 2.02. The Hall–Kier alpha value is -1.56. The number of fused-ring (bicyclic) bond motifs is 1. The summed E-state index contributed by atoms with van der Waals surface area (Å²) >= 11 is 4.05. The molecule has 0 unspecified atom stereocenters. The molecule has 0 aliphatic rings. The third-order valence-electron chi connectivity index (χ3n) is 2.29.